The van der Waals surface area contributed by atoms with Crippen LogP contribution in [-0.2, 0) is 11.3 Å². The van der Waals surface area contributed by atoms with Gasteiger partial charge in [-0.2, -0.15) is 0 Å². The van der Waals surface area contributed by atoms with E-state index in [4.69, 9.17) is 15.5 Å². The van der Waals surface area contributed by atoms with Gasteiger partial charge in [-0.05, 0) is 54.8 Å². The van der Waals surface area contributed by atoms with Gasteiger partial charge in [-0.1, -0.05) is 17.8 Å². The SMILES string of the molecule is COc1ccc(-c2cccs2)c(Sc2nc3c(N)ncnc3n2CCC2CCN(C=O)CC2)c1. The van der Waals surface area contributed by atoms with Crippen molar-refractivity contribution in [1.82, 2.24) is 24.4 Å². The van der Waals surface area contributed by atoms with Gasteiger partial charge in [0.05, 0.1) is 7.11 Å². The van der Waals surface area contributed by atoms with Crippen LogP contribution >= 0.6 is 23.1 Å². The van der Waals surface area contributed by atoms with E-state index in [1.165, 1.54) is 11.2 Å². The van der Waals surface area contributed by atoms with E-state index in [0.717, 1.165) is 72.3 Å². The van der Waals surface area contributed by atoms with Crippen molar-refractivity contribution >= 4 is 46.5 Å². The molecule has 0 spiro atoms. The molecule has 4 aromatic rings. The molecule has 0 bridgehead atoms. The van der Waals surface area contributed by atoms with E-state index < -0.39 is 0 Å². The third-order valence-corrected chi connectivity index (χ3v) is 8.22. The Kier molecular flexibility index (Phi) is 6.68. The van der Waals surface area contributed by atoms with E-state index in [0.29, 0.717) is 17.3 Å². The highest BCUT2D eigenvalue weighted by molar-refractivity contribution is 7.99. The number of hydrogen-bond acceptors (Lipinski definition) is 8. The fourth-order valence-corrected chi connectivity index (χ4v) is 6.23. The van der Waals surface area contributed by atoms with E-state index in [1.807, 2.05) is 17.0 Å². The van der Waals surface area contributed by atoms with Crippen LogP contribution in [0.5, 0.6) is 5.75 Å². The molecule has 1 amide bonds. The third-order valence-electron chi connectivity index (χ3n) is 6.26. The van der Waals surface area contributed by atoms with Crippen LogP contribution in [0.1, 0.15) is 19.3 Å². The number of piperidine rings is 1. The summed E-state index contributed by atoms with van der Waals surface area (Å²) >= 11 is 3.30. The van der Waals surface area contributed by atoms with Gasteiger partial charge in [-0.3, -0.25) is 4.79 Å². The van der Waals surface area contributed by atoms with Crippen LogP contribution in [0, 0.1) is 5.92 Å². The summed E-state index contributed by atoms with van der Waals surface area (Å²) in [6.07, 6.45) is 5.47. The van der Waals surface area contributed by atoms with E-state index in [2.05, 4.69) is 38.1 Å². The first kappa shape index (κ1) is 22.7. The summed E-state index contributed by atoms with van der Waals surface area (Å²) in [5.74, 6) is 1.74. The standard InChI is InChI=1S/C24H26N6O2S2/c1-32-17-4-5-18(19-3-2-12-33-19)20(13-17)34-24-28-21-22(25)26-14-27-23(21)30(24)11-8-16-6-9-29(15-31)10-7-16/h2-5,12-16H,6-11H2,1H3,(H2,25,26,27). The summed E-state index contributed by atoms with van der Waals surface area (Å²) in [5.41, 5.74) is 8.68. The Morgan fingerprint density at radius 2 is 2.12 bits per heavy atom. The summed E-state index contributed by atoms with van der Waals surface area (Å²) in [6.45, 7) is 2.42. The lowest BCUT2D eigenvalue weighted by Gasteiger charge is -2.29. The molecule has 0 saturated carbocycles. The molecule has 0 unspecified atom stereocenters. The minimum absolute atomic E-state index is 0.383. The Morgan fingerprint density at radius 3 is 2.85 bits per heavy atom. The number of aromatic nitrogens is 4. The number of anilines is 1. The molecule has 2 N–H and O–H groups in total. The molecule has 0 radical (unpaired) electrons. The Morgan fingerprint density at radius 1 is 1.26 bits per heavy atom. The first-order valence-electron chi connectivity index (χ1n) is 11.2. The molecule has 3 aromatic heterocycles. The number of aryl methyl sites for hydroxylation is 1. The van der Waals surface area contributed by atoms with Crippen LogP contribution in [-0.4, -0.2) is 51.0 Å². The van der Waals surface area contributed by atoms with Gasteiger partial charge in [0.2, 0.25) is 6.41 Å². The number of fused-ring (bicyclic) bond motifs is 1. The zero-order valence-corrected chi connectivity index (χ0v) is 20.5. The molecule has 1 aliphatic rings. The number of hydrogen-bond donors (Lipinski definition) is 1. The fourth-order valence-electron chi connectivity index (χ4n) is 4.32. The highest BCUT2D eigenvalue weighted by atomic mass is 32.2. The number of nitrogens with zero attached hydrogens (tertiary/aromatic N) is 5. The molecule has 0 aliphatic carbocycles. The summed E-state index contributed by atoms with van der Waals surface area (Å²) in [6, 6.07) is 10.3. The summed E-state index contributed by atoms with van der Waals surface area (Å²) in [4.78, 5) is 28.7. The monoisotopic (exact) mass is 494 g/mol. The predicted octanol–water partition coefficient (Wildman–Crippen LogP) is 4.56. The van der Waals surface area contributed by atoms with Crippen molar-refractivity contribution in [2.75, 3.05) is 25.9 Å². The molecule has 0 atom stereocenters. The van der Waals surface area contributed by atoms with Gasteiger partial charge in [0.1, 0.15) is 12.1 Å². The average Bonchev–Trinajstić information content (AvgIpc) is 3.52. The second-order valence-electron chi connectivity index (χ2n) is 8.29. The molecule has 1 fully saturated rings. The summed E-state index contributed by atoms with van der Waals surface area (Å²) < 4.78 is 7.66. The zero-order chi connectivity index (χ0) is 23.5. The van der Waals surface area contributed by atoms with Gasteiger partial charge in [-0.25, -0.2) is 15.0 Å². The van der Waals surface area contributed by atoms with Crippen molar-refractivity contribution in [3.63, 3.8) is 0 Å². The second-order valence-corrected chi connectivity index (χ2v) is 10.2. The maximum atomic E-state index is 11.0. The predicted molar refractivity (Wildman–Crippen MR) is 135 cm³/mol. The van der Waals surface area contributed by atoms with E-state index >= 15 is 0 Å². The highest BCUT2D eigenvalue weighted by Gasteiger charge is 2.22. The number of nitrogen functional groups attached to an aromatic ring is 1. The first-order valence-corrected chi connectivity index (χ1v) is 12.9. The molecular formula is C24H26N6O2S2. The topological polar surface area (TPSA) is 99.2 Å². The van der Waals surface area contributed by atoms with E-state index in [9.17, 15) is 4.79 Å². The average molecular weight is 495 g/mol. The quantitative estimate of drug-likeness (QED) is 0.359. The molecular weight excluding hydrogens is 468 g/mol. The lowest BCUT2D eigenvalue weighted by Crippen LogP contribution is -2.32. The van der Waals surface area contributed by atoms with Gasteiger partial charge in [-0.15, -0.1) is 11.3 Å². The molecule has 34 heavy (non-hydrogen) atoms. The maximum absolute atomic E-state index is 11.0. The number of benzene rings is 1. The van der Waals surface area contributed by atoms with Gasteiger partial charge < -0.3 is 19.9 Å². The third kappa shape index (κ3) is 4.60. The molecule has 8 nitrogen and oxygen atoms in total. The number of carbonyl (C=O) groups excluding carboxylic acids is 1. The van der Waals surface area contributed by atoms with Crippen LogP contribution in [0.25, 0.3) is 21.6 Å². The summed E-state index contributed by atoms with van der Waals surface area (Å²) in [7, 11) is 1.68. The molecule has 1 saturated heterocycles. The first-order chi connectivity index (χ1) is 16.7. The molecule has 4 heterocycles. The minimum atomic E-state index is 0.383. The van der Waals surface area contributed by atoms with Crippen molar-refractivity contribution in [2.45, 2.75) is 35.9 Å². The molecule has 1 aliphatic heterocycles. The number of likely N-dealkylation sites (tertiary alicyclic amines) is 1. The number of methoxy groups -OCH3 is 1. The van der Waals surface area contributed by atoms with Crippen LogP contribution in [0.15, 0.2) is 52.1 Å². The van der Waals surface area contributed by atoms with Crippen molar-refractivity contribution in [3.8, 4) is 16.2 Å². The number of imidazole rings is 1. The number of thiophene rings is 1. The highest BCUT2D eigenvalue weighted by Crippen LogP contribution is 2.40. The fraction of sp³-hybridized carbons (Fsp3) is 0.333. The van der Waals surface area contributed by atoms with Crippen LogP contribution in [0.2, 0.25) is 0 Å². The van der Waals surface area contributed by atoms with Gasteiger partial charge in [0.25, 0.3) is 0 Å². The number of nitrogens with two attached hydrogens (primary N) is 1. The zero-order valence-electron chi connectivity index (χ0n) is 18.9. The lowest BCUT2D eigenvalue weighted by atomic mass is 9.94. The molecule has 1 aromatic carbocycles. The van der Waals surface area contributed by atoms with Crippen molar-refractivity contribution in [3.05, 3.63) is 42.0 Å². The Bertz CT molecular complexity index is 1280. The smallest absolute Gasteiger partial charge is 0.209 e. The minimum Gasteiger partial charge on any atom is -0.497 e. The number of rotatable bonds is 8. The summed E-state index contributed by atoms with van der Waals surface area (Å²) in [5, 5.41) is 2.91. The number of carbonyl (C=O) groups is 1. The van der Waals surface area contributed by atoms with Crippen molar-refractivity contribution in [2.24, 2.45) is 5.92 Å². The van der Waals surface area contributed by atoms with Crippen LogP contribution in [0.4, 0.5) is 5.82 Å². The Balaban J connectivity index is 1.48. The number of amides is 1. The van der Waals surface area contributed by atoms with Gasteiger partial charge >= 0.3 is 0 Å². The van der Waals surface area contributed by atoms with Crippen molar-refractivity contribution < 1.29 is 9.53 Å². The maximum Gasteiger partial charge on any atom is 0.209 e. The Labute approximate surface area is 206 Å². The normalized spacial score (nSPS) is 14.6. The van der Waals surface area contributed by atoms with Crippen LogP contribution < -0.4 is 10.5 Å². The largest absolute Gasteiger partial charge is 0.497 e. The Hall–Kier alpha value is -3.11. The molecule has 5 rings (SSSR count). The van der Waals surface area contributed by atoms with E-state index in [-0.39, 0.29) is 0 Å². The van der Waals surface area contributed by atoms with Gasteiger partial charge in [0, 0.05) is 35.0 Å². The van der Waals surface area contributed by atoms with E-state index in [1.54, 1.807) is 30.2 Å². The number of ether oxygens (including phenoxy) is 1. The van der Waals surface area contributed by atoms with Crippen molar-refractivity contribution in [1.29, 1.82) is 0 Å². The molecule has 176 valence electrons. The lowest BCUT2D eigenvalue weighted by molar-refractivity contribution is -0.119. The second kappa shape index (κ2) is 10.0. The molecule has 10 heteroatoms. The van der Waals surface area contributed by atoms with Crippen LogP contribution in [0.3, 0.4) is 0 Å². The van der Waals surface area contributed by atoms with Gasteiger partial charge in [0.15, 0.2) is 22.1 Å².